The maximum atomic E-state index is 11.9. The normalized spacial score (nSPS) is 20.9. The van der Waals surface area contributed by atoms with Gasteiger partial charge >= 0.3 is 23.6 Å². The van der Waals surface area contributed by atoms with Crippen LogP contribution in [-0.4, -0.2) is 112 Å². The van der Waals surface area contributed by atoms with E-state index in [4.69, 9.17) is 0 Å². The van der Waals surface area contributed by atoms with E-state index in [1.54, 1.807) is 0 Å². The average Bonchev–Trinajstić information content (AvgIpc) is 2.86. The summed E-state index contributed by atoms with van der Waals surface area (Å²) in [5.74, 6) is -2.41. The molecule has 0 saturated carbocycles. The van der Waals surface area contributed by atoms with Crippen LogP contribution in [0.5, 0.6) is 0 Å². The molecule has 0 bridgehead atoms. The van der Waals surface area contributed by atoms with Crippen molar-refractivity contribution in [3.63, 3.8) is 0 Å². The van der Waals surface area contributed by atoms with Crippen LogP contribution in [0.1, 0.15) is 11.1 Å². The zero-order valence-electron chi connectivity index (χ0n) is 20.7. The molecule has 3 rings (SSSR count). The summed E-state index contributed by atoms with van der Waals surface area (Å²) in [6.45, 7) is 8.78. The van der Waals surface area contributed by atoms with E-state index in [1.807, 2.05) is 6.07 Å². The summed E-state index contributed by atoms with van der Waals surface area (Å²) in [6.07, 6.45) is 0. The molecule has 36 heavy (non-hydrogen) atoms. The highest BCUT2D eigenvalue weighted by atomic mass is 16.2. The van der Waals surface area contributed by atoms with Gasteiger partial charge in [0.1, 0.15) is 0 Å². The summed E-state index contributed by atoms with van der Waals surface area (Å²) < 4.78 is 0. The summed E-state index contributed by atoms with van der Waals surface area (Å²) in [6, 6.07) is 8.42. The number of amides is 4. The number of rotatable bonds is 4. The van der Waals surface area contributed by atoms with Gasteiger partial charge in [0.2, 0.25) is 0 Å². The van der Waals surface area contributed by atoms with E-state index >= 15 is 0 Å². The Morgan fingerprint density at radius 3 is 1.36 bits per heavy atom. The molecule has 0 unspecified atom stereocenters. The minimum Gasteiger partial charge on any atom is -0.347 e. The number of nitrogens with zero attached hydrogens (tertiary/aromatic N) is 2. The fourth-order valence-corrected chi connectivity index (χ4v) is 4.11. The van der Waals surface area contributed by atoms with Crippen LogP contribution in [0.3, 0.4) is 0 Å². The molecule has 1 aromatic rings. The van der Waals surface area contributed by atoms with E-state index in [0.29, 0.717) is 52.4 Å². The number of carbonyl (C=O) groups is 4. The molecule has 12 heteroatoms. The van der Waals surface area contributed by atoms with Crippen molar-refractivity contribution in [2.24, 2.45) is 0 Å². The Bertz CT molecular complexity index is 829. The lowest BCUT2D eigenvalue weighted by Crippen LogP contribution is -2.46. The van der Waals surface area contributed by atoms with Gasteiger partial charge < -0.3 is 31.9 Å². The van der Waals surface area contributed by atoms with Crippen LogP contribution in [0.15, 0.2) is 24.3 Å². The van der Waals surface area contributed by atoms with E-state index in [0.717, 1.165) is 39.3 Å². The van der Waals surface area contributed by atoms with Gasteiger partial charge in [-0.25, -0.2) is 0 Å². The van der Waals surface area contributed by atoms with Crippen molar-refractivity contribution in [1.29, 1.82) is 0 Å². The van der Waals surface area contributed by atoms with Gasteiger partial charge in [-0.1, -0.05) is 24.3 Å². The highest BCUT2D eigenvalue weighted by Crippen LogP contribution is 2.11. The van der Waals surface area contributed by atoms with Crippen molar-refractivity contribution in [3.05, 3.63) is 35.4 Å². The number of carbonyl (C=O) groups excluding carboxylic acids is 4. The molecule has 4 amide bonds. The van der Waals surface area contributed by atoms with Crippen LogP contribution in [0, 0.1) is 0 Å². The highest BCUT2D eigenvalue weighted by Gasteiger charge is 2.16. The van der Waals surface area contributed by atoms with Gasteiger partial charge in [-0.3, -0.25) is 29.0 Å². The largest absolute Gasteiger partial charge is 0.347 e. The Morgan fingerprint density at radius 2 is 0.917 bits per heavy atom. The average molecular weight is 503 g/mol. The SMILES string of the molecule is O=C1NCCNCCN(Cc2cccc(CN3CCNCCNC(=O)C(=O)NCC3)c2)CCNC1=O. The third kappa shape index (κ3) is 9.90. The van der Waals surface area contributed by atoms with Crippen molar-refractivity contribution >= 4 is 23.6 Å². The molecule has 2 heterocycles. The fraction of sp³-hybridized carbons (Fsp3) is 0.583. The maximum absolute atomic E-state index is 11.9. The first kappa shape index (κ1) is 27.5. The minimum absolute atomic E-state index is 0.399. The van der Waals surface area contributed by atoms with Gasteiger partial charge in [0.05, 0.1) is 0 Å². The molecule has 2 aliphatic heterocycles. The molecule has 0 atom stereocenters. The first-order chi connectivity index (χ1) is 17.5. The number of nitrogens with one attached hydrogen (secondary N) is 6. The fourth-order valence-electron chi connectivity index (χ4n) is 4.11. The van der Waals surface area contributed by atoms with Crippen molar-refractivity contribution in [3.8, 4) is 0 Å². The highest BCUT2D eigenvalue weighted by molar-refractivity contribution is 6.35. The van der Waals surface area contributed by atoms with Gasteiger partial charge in [0.25, 0.3) is 0 Å². The minimum atomic E-state index is -0.602. The summed E-state index contributed by atoms with van der Waals surface area (Å²) >= 11 is 0. The van der Waals surface area contributed by atoms with Crippen LogP contribution in [0.4, 0.5) is 0 Å². The lowest BCUT2D eigenvalue weighted by Gasteiger charge is -2.25. The summed E-state index contributed by atoms with van der Waals surface area (Å²) in [7, 11) is 0. The molecule has 2 aliphatic rings. The lowest BCUT2D eigenvalue weighted by atomic mass is 10.1. The molecule has 0 aliphatic carbocycles. The Kier molecular flexibility index (Phi) is 11.6. The smallest absolute Gasteiger partial charge is 0.309 e. The number of hydrogen-bond acceptors (Lipinski definition) is 8. The Hall–Kier alpha value is -3.06. The predicted octanol–water partition coefficient (Wildman–Crippen LogP) is -3.04. The van der Waals surface area contributed by atoms with E-state index in [1.165, 1.54) is 11.1 Å². The van der Waals surface area contributed by atoms with Crippen LogP contribution < -0.4 is 31.9 Å². The van der Waals surface area contributed by atoms with Crippen molar-refractivity contribution in [2.75, 3.05) is 78.5 Å². The van der Waals surface area contributed by atoms with Gasteiger partial charge in [0, 0.05) is 91.6 Å². The molecule has 0 radical (unpaired) electrons. The lowest BCUT2D eigenvalue weighted by molar-refractivity contribution is -0.139. The Balaban J connectivity index is 1.57. The molecule has 2 saturated heterocycles. The van der Waals surface area contributed by atoms with E-state index < -0.39 is 23.6 Å². The maximum Gasteiger partial charge on any atom is 0.309 e. The molecule has 12 nitrogen and oxygen atoms in total. The first-order valence-electron chi connectivity index (χ1n) is 12.6. The third-order valence-electron chi connectivity index (χ3n) is 6.03. The van der Waals surface area contributed by atoms with Crippen LogP contribution in [0.2, 0.25) is 0 Å². The van der Waals surface area contributed by atoms with E-state index in [-0.39, 0.29) is 0 Å². The van der Waals surface area contributed by atoms with Gasteiger partial charge in [0.15, 0.2) is 0 Å². The second-order valence-corrected chi connectivity index (χ2v) is 8.90. The number of benzene rings is 1. The third-order valence-corrected chi connectivity index (χ3v) is 6.03. The summed E-state index contributed by atoms with van der Waals surface area (Å²) in [5.41, 5.74) is 2.34. The molecule has 0 spiro atoms. The molecule has 2 fully saturated rings. The van der Waals surface area contributed by atoms with Gasteiger partial charge in [-0.15, -0.1) is 0 Å². The van der Waals surface area contributed by atoms with E-state index in [9.17, 15) is 19.2 Å². The first-order valence-corrected chi connectivity index (χ1v) is 12.6. The van der Waals surface area contributed by atoms with Crippen LogP contribution >= 0.6 is 0 Å². The second-order valence-electron chi connectivity index (χ2n) is 8.90. The molecule has 6 N–H and O–H groups in total. The topological polar surface area (TPSA) is 147 Å². The quantitative estimate of drug-likeness (QED) is 0.238. The molecular formula is C24H38N8O4. The molecule has 1 aromatic carbocycles. The predicted molar refractivity (Wildman–Crippen MR) is 135 cm³/mol. The summed E-state index contributed by atoms with van der Waals surface area (Å²) in [5, 5.41) is 17.2. The standard InChI is InChI=1S/C24H38N8O4/c33-21-23(35)29-10-14-31(12-8-25-4-6-27-21)17-19-2-1-3-20(16-19)18-32-13-9-26-5-7-28-22(34)24(36)30-11-15-32/h1-3,16,25-26H,4-15,17-18H2,(H,27,33)(H,28,34)(H,29,35)(H,30,36). The van der Waals surface area contributed by atoms with Crippen LogP contribution in [0.25, 0.3) is 0 Å². The zero-order chi connectivity index (χ0) is 25.6. The van der Waals surface area contributed by atoms with Gasteiger partial charge in [-0.2, -0.15) is 0 Å². The Labute approximate surface area is 211 Å². The summed E-state index contributed by atoms with van der Waals surface area (Å²) in [4.78, 5) is 51.7. The van der Waals surface area contributed by atoms with E-state index in [2.05, 4.69) is 59.9 Å². The second kappa shape index (κ2) is 15.1. The Morgan fingerprint density at radius 1 is 0.528 bits per heavy atom. The molecule has 198 valence electrons. The monoisotopic (exact) mass is 502 g/mol. The van der Waals surface area contributed by atoms with Crippen LogP contribution in [-0.2, 0) is 32.3 Å². The van der Waals surface area contributed by atoms with Crippen molar-refractivity contribution in [2.45, 2.75) is 13.1 Å². The number of hydrogen-bond donors (Lipinski definition) is 6. The van der Waals surface area contributed by atoms with Crippen molar-refractivity contribution in [1.82, 2.24) is 41.7 Å². The molecular weight excluding hydrogens is 464 g/mol. The van der Waals surface area contributed by atoms with Crippen molar-refractivity contribution < 1.29 is 19.2 Å². The molecule has 0 aromatic heterocycles. The van der Waals surface area contributed by atoms with Gasteiger partial charge in [-0.05, 0) is 11.1 Å². The zero-order valence-corrected chi connectivity index (χ0v) is 20.7.